The Morgan fingerprint density at radius 2 is 1.50 bits per heavy atom. The van der Waals surface area contributed by atoms with Crippen molar-refractivity contribution in [2.45, 2.75) is 13.1 Å². The van der Waals surface area contributed by atoms with Crippen molar-refractivity contribution in [3.63, 3.8) is 0 Å². The molecule has 0 spiro atoms. The minimum atomic E-state index is -0.204. The molecule has 11 heteroatoms. The smallest absolute Gasteiger partial charge is 0.264 e. The van der Waals surface area contributed by atoms with Gasteiger partial charge in [-0.2, -0.15) is 10.5 Å². The van der Waals surface area contributed by atoms with Crippen molar-refractivity contribution in [1.29, 1.82) is 10.5 Å². The number of hydrogen-bond acceptors (Lipinski definition) is 7. The van der Waals surface area contributed by atoms with E-state index >= 15 is 0 Å². The van der Waals surface area contributed by atoms with Crippen molar-refractivity contribution in [2.75, 3.05) is 36.0 Å². The summed E-state index contributed by atoms with van der Waals surface area (Å²) in [6.07, 6.45) is 3.49. The van der Waals surface area contributed by atoms with Crippen molar-refractivity contribution >= 4 is 46.1 Å². The zero-order valence-electron chi connectivity index (χ0n) is 24.7. The van der Waals surface area contributed by atoms with Gasteiger partial charge in [-0.15, -0.1) is 11.3 Å². The van der Waals surface area contributed by atoms with Gasteiger partial charge >= 0.3 is 0 Å². The number of thiophene rings is 1. The number of halogens is 1. The molecule has 5 aromatic rings. The summed E-state index contributed by atoms with van der Waals surface area (Å²) in [7, 11) is 0. The molecule has 3 aromatic carbocycles. The lowest BCUT2D eigenvalue weighted by molar-refractivity contribution is 0.0751. The van der Waals surface area contributed by atoms with Gasteiger partial charge < -0.3 is 19.3 Å². The van der Waals surface area contributed by atoms with Gasteiger partial charge in [-0.3, -0.25) is 9.59 Å². The zero-order valence-corrected chi connectivity index (χ0v) is 26.3. The van der Waals surface area contributed by atoms with Crippen molar-refractivity contribution in [3.8, 4) is 12.1 Å². The molecule has 0 atom stereocenters. The average molecular weight is 646 g/mol. The van der Waals surface area contributed by atoms with E-state index < -0.39 is 0 Å². The highest BCUT2D eigenvalue weighted by Gasteiger charge is 2.25. The fourth-order valence-electron chi connectivity index (χ4n) is 5.39. The molecule has 6 rings (SSSR count). The Kier molecular flexibility index (Phi) is 9.11. The summed E-state index contributed by atoms with van der Waals surface area (Å²) in [5.41, 5.74) is 5.11. The van der Waals surface area contributed by atoms with Gasteiger partial charge in [0.25, 0.3) is 11.8 Å². The van der Waals surface area contributed by atoms with Gasteiger partial charge in [-0.1, -0.05) is 23.7 Å². The highest BCUT2D eigenvalue weighted by molar-refractivity contribution is 7.17. The third-order valence-electron chi connectivity index (χ3n) is 7.94. The molecule has 228 valence electrons. The Labute approximate surface area is 275 Å². The summed E-state index contributed by atoms with van der Waals surface area (Å²) in [6.45, 7) is 3.37. The maximum Gasteiger partial charge on any atom is 0.264 e. The first-order chi connectivity index (χ1) is 22.4. The molecule has 0 saturated carbocycles. The number of nitriles is 2. The third-order valence-corrected chi connectivity index (χ3v) is 9.16. The largest absolute Gasteiger partial charge is 0.368 e. The van der Waals surface area contributed by atoms with E-state index in [0.717, 1.165) is 16.9 Å². The SMILES string of the molecule is N#Cc1ccc(Cn2cncc2CN(C(=O)c2ccc(C#N)cc2)c2ccc(N3CCN(C(=O)c4ccc(Cl)s4)CC3)cc2)cc1. The van der Waals surface area contributed by atoms with E-state index in [1.807, 2.05) is 45.9 Å². The van der Waals surface area contributed by atoms with Crippen LogP contribution in [-0.4, -0.2) is 52.4 Å². The molecule has 0 radical (unpaired) electrons. The van der Waals surface area contributed by atoms with E-state index in [4.69, 9.17) is 16.9 Å². The van der Waals surface area contributed by atoms with Crippen LogP contribution in [0.25, 0.3) is 0 Å². The molecule has 46 heavy (non-hydrogen) atoms. The van der Waals surface area contributed by atoms with Crippen LogP contribution in [0, 0.1) is 22.7 Å². The maximum atomic E-state index is 13.9. The number of amides is 2. The van der Waals surface area contributed by atoms with Gasteiger partial charge in [0.15, 0.2) is 0 Å². The first-order valence-electron chi connectivity index (χ1n) is 14.6. The number of benzene rings is 3. The van der Waals surface area contributed by atoms with Crippen LogP contribution in [0.1, 0.15) is 42.4 Å². The summed E-state index contributed by atoms with van der Waals surface area (Å²) in [5, 5.41) is 18.4. The number of aromatic nitrogens is 2. The van der Waals surface area contributed by atoms with E-state index in [9.17, 15) is 14.9 Å². The molecular weight excluding hydrogens is 618 g/mol. The first-order valence-corrected chi connectivity index (χ1v) is 15.8. The number of carbonyl (C=O) groups is 2. The van der Waals surface area contributed by atoms with Gasteiger partial charge in [0.2, 0.25) is 0 Å². The highest BCUT2D eigenvalue weighted by Crippen LogP contribution is 2.27. The van der Waals surface area contributed by atoms with Gasteiger partial charge in [0, 0.05) is 55.9 Å². The van der Waals surface area contributed by atoms with Crippen LogP contribution in [0.4, 0.5) is 11.4 Å². The molecule has 0 unspecified atom stereocenters. The molecule has 0 N–H and O–H groups in total. The van der Waals surface area contributed by atoms with E-state index in [-0.39, 0.29) is 18.4 Å². The predicted molar refractivity (Wildman–Crippen MR) is 178 cm³/mol. The van der Waals surface area contributed by atoms with Gasteiger partial charge in [-0.05, 0) is 78.4 Å². The van der Waals surface area contributed by atoms with E-state index in [2.05, 4.69) is 22.0 Å². The minimum Gasteiger partial charge on any atom is -0.368 e. The van der Waals surface area contributed by atoms with Crippen LogP contribution in [0.3, 0.4) is 0 Å². The van der Waals surface area contributed by atoms with E-state index in [0.29, 0.717) is 64.3 Å². The van der Waals surface area contributed by atoms with E-state index in [1.54, 1.807) is 66.0 Å². The average Bonchev–Trinajstić information content (AvgIpc) is 3.75. The van der Waals surface area contributed by atoms with Crippen LogP contribution < -0.4 is 9.80 Å². The first kappa shape index (κ1) is 30.6. The summed E-state index contributed by atoms with van der Waals surface area (Å²) in [4.78, 5) is 37.6. The lowest BCUT2D eigenvalue weighted by Gasteiger charge is -2.36. The van der Waals surface area contributed by atoms with Crippen LogP contribution in [0.15, 0.2) is 97.5 Å². The van der Waals surface area contributed by atoms with E-state index in [1.165, 1.54) is 11.3 Å². The molecular formula is C35H28ClN7O2S. The maximum absolute atomic E-state index is 13.9. The van der Waals surface area contributed by atoms with Crippen LogP contribution in [-0.2, 0) is 13.1 Å². The molecule has 9 nitrogen and oxygen atoms in total. The molecule has 0 bridgehead atoms. The zero-order chi connectivity index (χ0) is 32.0. The summed E-state index contributed by atoms with van der Waals surface area (Å²) >= 11 is 7.32. The number of hydrogen-bond donors (Lipinski definition) is 0. The Balaban J connectivity index is 1.20. The summed E-state index contributed by atoms with van der Waals surface area (Å²) in [6, 6.07) is 29.6. The molecule has 2 amide bonds. The fourth-order valence-corrected chi connectivity index (χ4v) is 6.40. The summed E-state index contributed by atoms with van der Waals surface area (Å²) < 4.78 is 2.59. The summed E-state index contributed by atoms with van der Waals surface area (Å²) in [5.74, 6) is -0.202. The Hall–Kier alpha value is -5.42. The highest BCUT2D eigenvalue weighted by atomic mass is 35.5. The van der Waals surface area contributed by atoms with Crippen LogP contribution >= 0.6 is 22.9 Å². The number of piperazine rings is 1. The lowest BCUT2D eigenvalue weighted by Crippen LogP contribution is -2.48. The third kappa shape index (κ3) is 6.79. The molecule has 1 aliphatic heterocycles. The second-order valence-electron chi connectivity index (χ2n) is 10.8. The second-order valence-corrected chi connectivity index (χ2v) is 12.5. The van der Waals surface area contributed by atoms with Crippen LogP contribution in [0.5, 0.6) is 0 Å². The number of imidazole rings is 1. The fraction of sp³-hybridized carbons (Fsp3) is 0.171. The molecule has 0 aliphatic carbocycles. The topological polar surface area (TPSA) is 109 Å². The molecule has 1 saturated heterocycles. The van der Waals surface area contributed by atoms with Gasteiger partial charge in [0.1, 0.15) is 0 Å². The van der Waals surface area contributed by atoms with Crippen molar-refractivity contribution < 1.29 is 9.59 Å². The number of rotatable bonds is 8. The van der Waals surface area contributed by atoms with Crippen LogP contribution in [0.2, 0.25) is 4.34 Å². The molecule has 1 fully saturated rings. The lowest BCUT2D eigenvalue weighted by atomic mass is 10.1. The monoisotopic (exact) mass is 645 g/mol. The van der Waals surface area contributed by atoms with Gasteiger partial charge in [0.05, 0.1) is 51.0 Å². The Bertz CT molecular complexity index is 1930. The molecule has 3 heterocycles. The number of carbonyl (C=O) groups excluding carboxylic acids is 2. The quantitative estimate of drug-likeness (QED) is 0.199. The Morgan fingerprint density at radius 1 is 0.848 bits per heavy atom. The van der Waals surface area contributed by atoms with Crippen molar-refractivity contribution in [2.24, 2.45) is 0 Å². The number of anilines is 2. The van der Waals surface area contributed by atoms with Crippen molar-refractivity contribution in [1.82, 2.24) is 14.5 Å². The van der Waals surface area contributed by atoms with Crippen molar-refractivity contribution in [3.05, 3.63) is 135 Å². The predicted octanol–water partition coefficient (Wildman–Crippen LogP) is 6.20. The Morgan fingerprint density at radius 3 is 2.11 bits per heavy atom. The molecule has 1 aliphatic rings. The number of nitrogens with zero attached hydrogens (tertiary/aromatic N) is 7. The van der Waals surface area contributed by atoms with Gasteiger partial charge in [-0.25, -0.2) is 4.98 Å². The second kappa shape index (κ2) is 13.7. The minimum absolute atomic E-state index is 0.00211. The normalized spacial score (nSPS) is 12.8. The standard InChI is InChI=1S/C35H28ClN7O2S/c36-33-14-13-32(46-33)35(45)41-17-15-40(16-18-41)29-9-11-30(12-10-29)43(34(44)28-7-5-26(20-38)6-8-28)23-31-21-39-24-42(31)22-27-3-1-25(19-37)2-4-27/h1-14,21,24H,15-18,22-23H2. The molecule has 2 aromatic heterocycles.